The van der Waals surface area contributed by atoms with Crippen molar-refractivity contribution in [2.24, 2.45) is 5.92 Å². The number of likely N-dealkylation sites (N-methyl/N-ethyl adjacent to an activating group) is 1. The Morgan fingerprint density at radius 1 is 1.32 bits per heavy atom. The summed E-state index contributed by atoms with van der Waals surface area (Å²) in [6, 6.07) is 6.03. The second-order valence-electron chi connectivity index (χ2n) is 5.60. The van der Waals surface area contributed by atoms with Gasteiger partial charge in [-0.15, -0.1) is 0 Å². The highest BCUT2D eigenvalue weighted by Crippen LogP contribution is 2.20. The molecule has 0 aliphatic heterocycles. The highest BCUT2D eigenvalue weighted by Gasteiger charge is 2.21. The van der Waals surface area contributed by atoms with Crippen LogP contribution in [-0.4, -0.2) is 35.8 Å². The van der Waals surface area contributed by atoms with Gasteiger partial charge in [0, 0.05) is 43.7 Å². The van der Waals surface area contributed by atoms with Gasteiger partial charge in [-0.3, -0.25) is 9.78 Å². The number of nitrogens with zero attached hydrogens (tertiary/aromatic N) is 2. The Balaban J connectivity index is 1.77. The van der Waals surface area contributed by atoms with Gasteiger partial charge in [-0.2, -0.15) is 0 Å². The van der Waals surface area contributed by atoms with Crippen LogP contribution in [0.25, 0.3) is 0 Å². The molecule has 2 rings (SSSR count). The van der Waals surface area contributed by atoms with Gasteiger partial charge in [-0.1, -0.05) is 18.9 Å². The van der Waals surface area contributed by atoms with Crippen LogP contribution in [0.2, 0.25) is 0 Å². The van der Waals surface area contributed by atoms with E-state index < -0.39 is 0 Å². The van der Waals surface area contributed by atoms with Crippen LogP contribution in [0, 0.1) is 5.92 Å². The summed E-state index contributed by atoms with van der Waals surface area (Å²) in [5.41, 5.74) is 1.13. The second kappa shape index (κ2) is 7.39. The van der Waals surface area contributed by atoms with E-state index in [9.17, 15) is 4.79 Å². The van der Waals surface area contributed by atoms with Crippen LogP contribution >= 0.6 is 0 Å². The van der Waals surface area contributed by atoms with Gasteiger partial charge >= 0.3 is 0 Å². The van der Waals surface area contributed by atoms with E-state index in [1.54, 1.807) is 0 Å². The van der Waals surface area contributed by atoms with Gasteiger partial charge in [-0.25, -0.2) is 0 Å². The smallest absolute Gasteiger partial charge is 0.137 e. The van der Waals surface area contributed by atoms with E-state index >= 15 is 0 Å². The lowest BCUT2D eigenvalue weighted by molar-refractivity contribution is -0.123. The van der Waals surface area contributed by atoms with Gasteiger partial charge < -0.3 is 4.90 Å². The van der Waals surface area contributed by atoms with Gasteiger partial charge in [0.05, 0.1) is 0 Å². The maximum atomic E-state index is 12.0. The number of pyridine rings is 1. The zero-order valence-corrected chi connectivity index (χ0v) is 11.8. The zero-order valence-electron chi connectivity index (χ0n) is 11.8. The molecule has 1 aliphatic carbocycles. The molecule has 104 valence electrons. The minimum Gasteiger partial charge on any atom is -0.305 e. The van der Waals surface area contributed by atoms with Crippen LogP contribution in [0.5, 0.6) is 0 Å². The standard InChI is InChI=1S/C16H24N2O/c1-18(12-10-15-8-5-6-11-17-15)13-14-7-3-2-4-9-16(14)19/h5-6,8,11,14H,2-4,7,9-10,12-13H2,1H3. The summed E-state index contributed by atoms with van der Waals surface area (Å²) in [4.78, 5) is 18.6. The Morgan fingerprint density at radius 2 is 2.21 bits per heavy atom. The Kier molecular flexibility index (Phi) is 5.52. The number of carbonyl (C=O) groups is 1. The molecule has 0 bridgehead atoms. The van der Waals surface area contributed by atoms with Crippen LogP contribution < -0.4 is 0 Å². The first-order valence-corrected chi connectivity index (χ1v) is 7.37. The fraction of sp³-hybridized carbons (Fsp3) is 0.625. The largest absolute Gasteiger partial charge is 0.305 e. The van der Waals surface area contributed by atoms with Crippen molar-refractivity contribution in [1.29, 1.82) is 0 Å². The maximum absolute atomic E-state index is 12.0. The molecule has 0 amide bonds. The van der Waals surface area contributed by atoms with Crippen molar-refractivity contribution >= 4 is 5.78 Å². The number of ketones is 1. The molecule has 19 heavy (non-hydrogen) atoms. The first kappa shape index (κ1) is 14.2. The van der Waals surface area contributed by atoms with Crippen LogP contribution in [-0.2, 0) is 11.2 Å². The topological polar surface area (TPSA) is 33.2 Å². The van der Waals surface area contributed by atoms with Crippen LogP contribution in [0.3, 0.4) is 0 Å². The van der Waals surface area contributed by atoms with Crippen molar-refractivity contribution in [1.82, 2.24) is 9.88 Å². The molecule has 1 heterocycles. The van der Waals surface area contributed by atoms with Crippen molar-refractivity contribution < 1.29 is 4.79 Å². The predicted molar refractivity (Wildman–Crippen MR) is 77.0 cm³/mol. The Labute approximate surface area is 116 Å². The number of aromatic nitrogens is 1. The van der Waals surface area contributed by atoms with E-state index in [4.69, 9.17) is 0 Å². The Bertz CT molecular complexity index is 391. The van der Waals surface area contributed by atoms with E-state index in [-0.39, 0.29) is 5.92 Å². The summed E-state index contributed by atoms with van der Waals surface area (Å²) in [6.07, 6.45) is 8.19. The number of Topliss-reactive ketones (excluding diaryl/α,β-unsaturated/α-hetero) is 1. The van der Waals surface area contributed by atoms with Gasteiger partial charge in [0.1, 0.15) is 5.78 Å². The molecule has 1 aromatic rings. The van der Waals surface area contributed by atoms with Crippen LogP contribution in [0.1, 0.15) is 37.8 Å². The first-order chi connectivity index (χ1) is 9.25. The molecule has 1 atom stereocenters. The molecule has 0 aromatic carbocycles. The summed E-state index contributed by atoms with van der Waals surface area (Å²) in [5.74, 6) is 0.735. The summed E-state index contributed by atoms with van der Waals surface area (Å²) in [7, 11) is 2.11. The third kappa shape index (κ3) is 4.75. The molecule has 0 radical (unpaired) electrons. The van der Waals surface area contributed by atoms with Gasteiger partial charge in [0.25, 0.3) is 0 Å². The van der Waals surface area contributed by atoms with E-state index in [1.165, 1.54) is 12.8 Å². The molecule has 3 nitrogen and oxygen atoms in total. The Morgan fingerprint density at radius 3 is 3.00 bits per heavy atom. The molecular formula is C16H24N2O. The molecule has 0 saturated heterocycles. The summed E-state index contributed by atoms with van der Waals surface area (Å²) in [5, 5.41) is 0. The highest BCUT2D eigenvalue weighted by atomic mass is 16.1. The quantitative estimate of drug-likeness (QED) is 0.763. The van der Waals surface area contributed by atoms with E-state index in [1.807, 2.05) is 18.3 Å². The molecule has 1 unspecified atom stereocenters. The molecule has 0 spiro atoms. The minimum absolute atomic E-state index is 0.260. The molecule has 3 heteroatoms. The van der Waals surface area contributed by atoms with Crippen molar-refractivity contribution in [3.8, 4) is 0 Å². The summed E-state index contributed by atoms with van der Waals surface area (Å²) >= 11 is 0. The number of hydrogen-bond acceptors (Lipinski definition) is 3. The normalized spacial score (nSPS) is 20.5. The van der Waals surface area contributed by atoms with Gasteiger partial charge in [0.2, 0.25) is 0 Å². The second-order valence-corrected chi connectivity index (χ2v) is 5.60. The van der Waals surface area contributed by atoms with E-state index in [2.05, 4.69) is 23.0 Å². The third-order valence-electron chi connectivity index (χ3n) is 3.94. The Hall–Kier alpha value is -1.22. The molecule has 1 aromatic heterocycles. The van der Waals surface area contributed by atoms with Crippen LogP contribution in [0.4, 0.5) is 0 Å². The van der Waals surface area contributed by atoms with E-state index in [0.29, 0.717) is 5.78 Å². The third-order valence-corrected chi connectivity index (χ3v) is 3.94. The van der Waals surface area contributed by atoms with Crippen molar-refractivity contribution in [2.45, 2.75) is 38.5 Å². The highest BCUT2D eigenvalue weighted by molar-refractivity contribution is 5.81. The number of rotatable bonds is 5. The number of carbonyl (C=O) groups excluding carboxylic acids is 1. The lowest BCUT2D eigenvalue weighted by atomic mass is 9.98. The van der Waals surface area contributed by atoms with Crippen molar-refractivity contribution in [2.75, 3.05) is 20.1 Å². The van der Waals surface area contributed by atoms with Gasteiger partial charge in [-0.05, 0) is 32.0 Å². The molecular weight excluding hydrogens is 236 g/mol. The lowest BCUT2D eigenvalue weighted by Gasteiger charge is -2.22. The van der Waals surface area contributed by atoms with E-state index in [0.717, 1.165) is 44.5 Å². The average molecular weight is 260 g/mol. The SMILES string of the molecule is CN(CCc1ccccn1)CC1CCCCCC1=O. The molecule has 1 aliphatic rings. The molecule has 1 fully saturated rings. The summed E-state index contributed by atoms with van der Waals surface area (Å²) in [6.45, 7) is 1.88. The zero-order chi connectivity index (χ0) is 13.5. The monoisotopic (exact) mass is 260 g/mol. The predicted octanol–water partition coefficient (Wildman–Crippen LogP) is 2.71. The maximum Gasteiger partial charge on any atom is 0.137 e. The fourth-order valence-corrected chi connectivity index (χ4v) is 2.74. The lowest BCUT2D eigenvalue weighted by Crippen LogP contribution is -2.31. The molecule has 1 saturated carbocycles. The minimum atomic E-state index is 0.260. The number of hydrogen-bond donors (Lipinski definition) is 0. The summed E-state index contributed by atoms with van der Waals surface area (Å²) < 4.78 is 0. The van der Waals surface area contributed by atoms with Crippen molar-refractivity contribution in [3.05, 3.63) is 30.1 Å². The van der Waals surface area contributed by atoms with Crippen molar-refractivity contribution in [3.63, 3.8) is 0 Å². The first-order valence-electron chi connectivity index (χ1n) is 7.37. The fourth-order valence-electron chi connectivity index (χ4n) is 2.74. The van der Waals surface area contributed by atoms with Crippen LogP contribution in [0.15, 0.2) is 24.4 Å². The molecule has 0 N–H and O–H groups in total. The van der Waals surface area contributed by atoms with Gasteiger partial charge in [0.15, 0.2) is 0 Å². The average Bonchev–Trinajstić information content (AvgIpc) is 2.63.